The molecule has 0 N–H and O–H groups in total. The van der Waals surface area contributed by atoms with Crippen molar-refractivity contribution in [1.82, 2.24) is 9.97 Å². The molecule has 1 heterocycles. The first-order valence-corrected chi connectivity index (χ1v) is 8.32. The summed E-state index contributed by atoms with van der Waals surface area (Å²) in [6, 6.07) is 3.69. The standard InChI is InChI=1S/C18H22N2O3/c1-21-16-8-13-14(9-17(16)22-2)20-18(10-19-13)23-15-7-11-3-5-12(15)6-4-11/h8-12,15H,3-7H2,1-2H3. The summed E-state index contributed by atoms with van der Waals surface area (Å²) in [4.78, 5) is 9.09. The van der Waals surface area contributed by atoms with Crippen molar-refractivity contribution >= 4 is 11.0 Å². The Morgan fingerprint density at radius 2 is 1.65 bits per heavy atom. The van der Waals surface area contributed by atoms with Gasteiger partial charge in [0.15, 0.2) is 11.5 Å². The molecule has 3 saturated carbocycles. The summed E-state index contributed by atoms with van der Waals surface area (Å²) < 4.78 is 16.8. The summed E-state index contributed by atoms with van der Waals surface area (Å²) in [6.45, 7) is 0. The third-order valence-electron chi connectivity index (χ3n) is 5.28. The highest BCUT2D eigenvalue weighted by molar-refractivity contribution is 5.79. The molecule has 2 bridgehead atoms. The fourth-order valence-electron chi connectivity index (χ4n) is 4.00. The van der Waals surface area contributed by atoms with Gasteiger partial charge in [-0.15, -0.1) is 0 Å². The maximum atomic E-state index is 6.18. The number of hydrogen-bond acceptors (Lipinski definition) is 5. The van der Waals surface area contributed by atoms with Gasteiger partial charge in [-0.1, -0.05) is 0 Å². The van der Waals surface area contributed by atoms with Crippen molar-refractivity contribution in [1.29, 1.82) is 0 Å². The smallest absolute Gasteiger partial charge is 0.233 e. The fourth-order valence-corrected chi connectivity index (χ4v) is 4.00. The maximum Gasteiger partial charge on any atom is 0.233 e. The molecule has 1 aromatic heterocycles. The molecule has 0 amide bonds. The van der Waals surface area contributed by atoms with E-state index in [1.165, 1.54) is 25.7 Å². The second kappa shape index (κ2) is 5.87. The number of benzene rings is 1. The SMILES string of the molecule is COc1cc2ncc(OC3CC4CCC3CC4)nc2cc1OC. The van der Waals surface area contributed by atoms with Gasteiger partial charge >= 0.3 is 0 Å². The molecule has 3 aliphatic rings. The zero-order valence-corrected chi connectivity index (χ0v) is 13.6. The van der Waals surface area contributed by atoms with Crippen LogP contribution in [0, 0.1) is 11.8 Å². The molecule has 5 nitrogen and oxygen atoms in total. The van der Waals surface area contributed by atoms with Crippen LogP contribution in [-0.4, -0.2) is 30.3 Å². The van der Waals surface area contributed by atoms with Gasteiger partial charge in [0, 0.05) is 12.1 Å². The first kappa shape index (κ1) is 14.5. The van der Waals surface area contributed by atoms with E-state index in [0.29, 0.717) is 29.4 Å². The third-order valence-corrected chi connectivity index (χ3v) is 5.28. The zero-order chi connectivity index (χ0) is 15.8. The Kier molecular flexibility index (Phi) is 3.71. The molecule has 1 aromatic carbocycles. The Labute approximate surface area is 136 Å². The normalized spacial score (nSPS) is 26.3. The van der Waals surface area contributed by atoms with E-state index >= 15 is 0 Å². The van der Waals surface area contributed by atoms with Gasteiger partial charge in [-0.25, -0.2) is 9.97 Å². The van der Waals surface area contributed by atoms with Crippen molar-refractivity contribution in [3.05, 3.63) is 18.3 Å². The first-order valence-electron chi connectivity index (χ1n) is 8.32. The molecular weight excluding hydrogens is 292 g/mol. The van der Waals surface area contributed by atoms with Crippen LogP contribution in [0.2, 0.25) is 0 Å². The second-order valence-electron chi connectivity index (χ2n) is 6.58. The van der Waals surface area contributed by atoms with Crippen LogP contribution in [0.25, 0.3) is 11.0 Å². The summed E-state index contributed by atoms with van der Waals surface area (Å²) in [7, 11) is 3.24. The van der Waals surface area contributed by atoms with Gasteiger partial charge in [-0.2, -0.15) is 0 Å². The summed E-state index contributed by atoms with van der Waals surface area (Å²) in [6.07, 6.45) is 8.50. The Morgan fingerprint density at radius 1 is 0.957 bits per heavy atom. The second-order valence-corrected chi connectivity index (χ2v) is 6.58. The average molecular weight is 314 g/mol. The molecule has 122 valence electrons. The lowest BCUT2D eigenvalue weighted by molar-refractivity contribution is 0.0173. The number of methoxy groups -OCH3 is 2. The first-order chi connectivity index (χ1) is 11.3. The predicted octanol–water partition coefficient (Wildman–Crippen LogP) is 3.60. The number of nitrogens with zero attached hydrogens (tertiary/aromatic N) is 2. The van der Waals surface area contributed by atoms with E-state index < -0.39 is 0 Å². The van der Waals surface area contributed by atoms with Crippen molar-refractivity contribution in [2.24, 2.45) is 11.8 Å². The lowest BCUT2D eigenvalue weighted by atomic mass is 9.69. The molecule has 5 rings (SSSR count). The van der Waals surface area contributed by atoms with Crippen molar-refractivity contribution < 1.29 is 14.2 Å². The van der Waals surface area contributed by atoms with Crippen LogP contribution in [0.15, 0.2) is 18.3 Å². The van der Waals surface area contributed by atoms with Crippen molar-refractivity contribution in [2.45, 2.75) is 38.2 Å². The molecule has 1 atom stereocenters. The quantitative estimate of drug-likeness (QED) is 0.863. The monoisotopic (exact) mass is 314 g/mol. The van der Waals surface area contributed by atoms with E-state index in [0.717, 1.165) is 23.4 Å². The van der Waals surface area contributed by atoms with Gasteiger partial charge in [0.25, 0.3) is 0 Å². The van der Waals surface area contributed by atoms with Crippen molar-refractivity contribution in [3.63, 3.8) is 0 Å². The Bertz CT molecular complexity index is 711. The molecule has 1 unspecified atom stereocenters. The topological polar surface area (TPSA) is 53.5 Å². The molecule has 23 heavy (non-hydrogen) atoms. The van der Waals surface area contributed by atoms with Crippen LogP contribution in [0.4, 0.5) is 0 Å². The fraction of sp³-hybridized carbons (Fsp3) is 0.556. The highest BCUT2D eigenvalue weighted by Gasteiger charge is 2.37. The van der Waals surface area contributed by atoms with Gasteiger partial charge in [0.05, 0.1) is 31.4 Å². The number of aromatic nitrogens is 2. The summed E-state index contributed by atoms with van der Waals surface area (Å²) in [5, 5.41) is 0. The van der Waals surface area contributed by atoms with Crippen LogP contribution in [0.5, 0.6) is 17.4 Å². The number of ether oxygens (including phenoxy) is 3. The summed E-state index contributed by atoms with van der Waals surface area (Å²) in [5.41, 5.74) is 1.54. The molecule has 0 spiro atoms. The van der Waals surface area contributed by atoms with E-state index in [1.54, 1.807) is 20.4 Å². The highest BCUT2D eigenvalue weighted by atomic mass is 16.5. The minimum Gasteiger partial charge on any atom is -0.493 e. The molecule has 3 aliphatic carbocycles. The summed E-state index contributed by atoms with van der Waals surface area (Å²) >= 11 is 0. The largest absolute Gasteiger partial charge is 0.493 e. The van der Waals surface area contributed by atoms with Gasteiger partial charge in [-0.05, 0) is 43.9 Å². The van der Waals surface area contributed by atoms with Crippen LogP contribution in [0.3, 0.4) is 0 Å². The Balaban J connectivity index is 1.61. The highest BCUT2D eigenvalue weighted by Crippen LogP contribution is 2.42. The van der Waals surface area contributed by atoms with Crippen LogP contribution in [-0.2, 0) is 0 Å². The van der Waals surface area contributed by atoms with E-state index in [-0.39, 0.29) is 0 Å². The third kappa shape index (κ3) is 2.69. The molecule has 3 fully saturated rings. The zero-order valence-electron chi connectivity index (χ0n) is 13.6. The van der Waals surface area contributed by atoms with Crippen LogP contribution < -0.4 is 14.2 Å². The van der Waals surface area contributed by atoms with Crippen LogP contribution >= 0.6 is 0 Å². The number of fused-ring (bicyclic) bond motifs is 4. The van der Waals surface area contributed by atoms with Crippen molar-refractivity contribution in [2.75, 3.05) is 14.2 Å². The Hall–Kier alpha value is -2.04. The van der Waals surface area contributed by atoms with Crippen LogP contribution in [0.1, 0.15) is 32.1 Å². The molecule has 5 heteroatoms. The van der Waals surface area contributed by atoms with E-state index in [9.17, 15) is 0 Å². The van der Waals surface area contributed by atoms with Gasteiger partial charge in [-0.3, -0.25) is 0 Å². The molecular formula is C18H22N2O3. The lowest BCUT2D eigenvalue weighted by Crippen LogP contribution is -2.39. The van der Waals surface area contributed by atoms with Gasteiger partial charge in [0.1, 0.15) is 6.10 Å². The lowest BCUT2D eigenvalue weighted by Gasteiger charge is -2.41. The van der Waals surface area contributed by atoms with E-state index in [1.807, 2.05) is 12.1 Å². The maximum absolute atomic E-state index is 6.18. The molecule has 0 aliphatic heterocycles. The minimum atomic E-state index is 0.300. The number of hydrogen-bond donors (Lipinski definition) is 0. The predicted molar refractivity (Wildman–Crippen MR) is 87.1 cm³/mol. The number of rotatable bonds is 4. The van der Waals surface area contributed by atoms with Crippen molar-refractivity contribution in [3.8, 4) is 17.4 Å². The van der Waals surface area contributed by atoms with E-state index in [2.05, 4.69) is 9.97 Å². The molecule has 0 radical (unpaired) electrons. The summed E-state index contributed by atoms with van der Waals surface area (Å²) in [5.74, 6) is 3.45. The van der Waals surface area contributed by atoms with Gasteiger partial charge in [0.2, 0.25) is 5.88 Å². The van der Waals surface area contributed by atoms with Gasteiger partial charge < -0.3 is 14.2 Å². The average Bonchev–Trinajstić information content (AvgIpc) is 2.61. The Morgan fingerprint density at radius 3 is 2.26 bits per heavy atom. The molecule has 2 aromatic rings. The minimum absolute atomic E-state index is 0.300. The molecule has 0 saturated heterocycles. The van der Waals surface area contributed by atoms with E-state index in [4.69, 9.17) is 14.2 Å².